The van der Waals surface area contributed by atoms with Crippen LogP contribution in [0, 0.1) is 0 Å². The van der Waals surface area contributed by atoms with E-state index in [0.717, 1.165) is 12.2 Å². The predicted molar refractivity (Wildman–Crippen MR) is 44.3 cm³/mol. The molecule has 0 fully saturated rings. The average Bonchev–Trinajstić information content (AvgIpc) is 1.88. The van der Waals surface area contributed by atoms with Crippen molar-refractivity contribution >= 4 is 17.5 Å². The van der Waals surface area contributed by atoms with E-state index in [9.17, 15) is 4.79 Å². The van der Waals surface area contributed by atoms with E-state index in [0.29, 0.717) is 0 Å². The molecule has 1 N–H and O–H groups in total. The number of aliphatic hydroxyl groups is 1. The lowest BCUT2D eigenvalue weighted by molar-refractivity contribution is -0.116. The second-order valence-corrected chi connectivity index (χ2v) is 3.65. The van der Waals surface area contributed by atoms with E-state index in [2.05, 4.69) is 0 Å². The molecule has 2 nitrogen and oxygen atoms in total. The van der Waals surface area contributed by atoms with Crippen molar-refractivity contribution in [2.24, 2.45) is 0 Å². The van der Waals surface area contributed by atoms with Crippen molar-refractivity contribution in [2.45, 2.75) is 25.5 Å². The third-order valence-corrected chi connectivity index (χ3v) is 2.60. The molecule has 1 unspecified atom stereocenters. The fourth-order valence-corrected chi connectivity index (χ4v) is 1.33. The quantitative estimate of drug-likeness (QED) is 0.615. The van der Waals surface area contributed by atoms with Gasteiger partial charge in [0.15, 0.2) is 0 Å². The normalized spacial score (nSPS) is 13.1. The average molecular weight is 162 g/mol. The Bertz CT molecular complexity index is 104. The van der Waals surface area contributed by atoms with Gasteiger partial charge in [-0.15, -0.1) is 0 Å². The summed E-state index contributed by atoms with van der Waals surface area (Å²) < 4.78 is 0. The number of thioether (sulfide) groups is 1. The van der Waals surface area contributed by atoms with Gasteiger partial charge in [-0.25, -0.2) is 0 Å². The highest BCUT2D eigenvalue weighted by Gasteiger charge is 2.05. The molecule has 0 aliphatic heterocycles. The molecule has 0 saturated heterocycles. The summed E-state index contributed by atoms with van der Waals surface area (Å²) in [6, 6.07) is 0. The van der Waals surface area contributed by atoms with Crippen LogP contribution in [0.3, 0.4) is 0 Å². The van der Waals surface area contributed by atoms with Crippen LogP contribution in [0.25, 0.3) is 0 Å². The lowest BCUT2D eigenvalue weighted by Crippen LogP contribution is -2.09. The maximum atomic E-state index is 10.7. The van der Waals surface area contributed by atoms with Crippen molar-refractivity contribution in [3.63, 3.8) is 0 Å². The van der Waals surface area contributed by atoms with Gasteiger partial charge in [0, 0.05) is 6.61 Å². The lowest BCUT2D eigenvalue weighted by atomic mass is 10.3. The van der Waals surface area contributed by atoms with Gasteiger partial charge in [0.05, 0.1) is 5.25 Å². The first-order valence-corrected chi connectivity index (χ1v) is 4.46. The molecular weight excluding hydrogens is 148 g/mol. The van der Waals surface area contributed by atoms with E-state index in [1.807, 2.05) is 6.92 Å². The summed E-state index contributed by atoms with van der Waals surface area (Å²) >= 11 is 1.60. The number of hydrogen-bond acceptors (Lipinski definition) is 3. The number of hydrogen-bond donors (Lipinski definition) is 1. The number of aliphatic hydroxyl groups excluding tert-OH is 1. The Hall–Kier alpha value is -0.0200. The van der Waals surface area contributed by atoms with Crippen LogP contribution in [-0.4, -0.2) is 28.5 Å². The highest BCUT2D eigenvalue weighted by atomic mass is 32.2. The number of ketones is 1. The van der Waals surface area contributed by atoms with Crippen LogP contribution >= 0.6 is 11.8 Å². The Morgan fingerprint density at radius 2 is 2.30 bits per heavy atom. The van der Waals surface area contributed by atoms with Gasteiger partial charge in [0.2, 0.25) is 0 Å². The molecule has 0 saturated carbocycles. The Morgan fingerprint density at radius 3 is 2.70 bits per heavy atom. The fraction of sp³-hybridized carbons (Fsp3) is 0.857. The molecule has 0 aromatic rings. The van der Waals surface area contributed by atoms with Gasteiger partial charge < -0.3 is 5.11 Å². The number of carbonyl (C=O) groups excluding carboxylic acids is 1. The first-order valence-electron chi connectivity index (χ1n) is 3.41. The summed E-state index contributed by atoms with van der Waals surface area (Å²) in [6.07, 6.45) is 0.780. The van der Waals surface area contributed by atoms with E-state index in [1.165, 1.54) is 0 Å². The van der Waals surface area contributed by atoms with Gasteiger partial charge in [0.1, 0.15) is 5.78 Å². The van der Waals surface area contributed by atoms with Gasteiger partial charge in [-0.1, -0.05) is 0 Å². The van der Waals surface area contributed by atoms with Crippen LogP contribution in [0.2, 0.25) is 0 Å². The first-order chi connectivity index (χ1) is 4.68. The molecule has 0 radical (unpaired) electrons. The van der Waals surface area contributed by atoms with Crippen molar-refractivity contribution in [3.8, 4) is 0 Å². The van der Waals surface area contributed by atoms with Gasteiger partial charge in [-0.05, 0) is 26.0 Å². The van der Waals surface area contributed by atoms with Crippen LogP contribution < -0.4 is 0 Å². The molecule has 0 aliphatic rings. The molecule has 3 heteroatoms. The zero-order chi connectivity index (χ0) is 7.98. The first kappa shape index (κ1) is 9.98. The van der Waals surface area contributed by atoms with E-state index in [1.54, 1.807) is 18.7 Å². The van der Waals surface area contributed by atoms with E-state index in [-0.39, 0.29) is 17.6 Å². The van der Waals surface area contributed by atoms with Gasteiger partial charge in [-0.2, -0.15) is 11.8 Å². The molecule has 0 bridgehead atoms. The summed E-state index contributed by atoms with van der Waals surface area (Å²) in [5.41, 5.74) is 0. The minimum absolute atomic E-state index is 0.0894. The van der Waals surface area contributed by atoms with Crippen molar-refractivity contribution in [2.75, 3.05) is 12.4 Å². The van der Waals surface area contributed by atoms with Crippen LogP contribution in [0.5, 0.6) is 0 Å². The second kappa shape index (κ2) is 5.74. The molecule has 0 aromatic heterocycles. The molecule has 10 heavy (non-hydrogen) atoms. The molecule has 1 atom stereocenters. The Labute approximate surface area is 66.0 Å². The van der Waals surface area contributed by atoms with Crippen LogP contribution in [0.1, 0.15) is 20.3 Å². The molecular formula is C7H14O2S. The van der Waals surface area contributed by atoms with Crippen molar-refractivity contribution < 1.29 is 9.90 Å². The third kappa shape index (κ3) is 4.82. The Kier molecular flexibility index (Phi) is 5.73. The molecule has 0 rings (SSSR count). The number of rotatable bonds is 5. The Morgan fingerprint density at radius 1 is 1.70 bits per heavy atom. The maximum absolute atomic E-state index is 10.7. The largest absolute Gasteiger partial charge is 0.396 e. The fourth-order valence-electron chi connectivity index (χ4n) is 0.442. The molecule has 60 valence electrons. The standard InChI is InChI=1S/C7H14O2S/c1-6(9)7(2)10-5-3-4-8/h7-8H,3-5H2,1-2H3. The summed E-state index contributed by atoms with van der Waals surface area (Å²) in [7, 11) is 0. The van der Waals surface area contributed by atoms with Gasteiger partial charge in [-0.3, -0.25) is 4.79 Å². The minimum atomic E-state index is 0.0894. The minimum Gasteiger partial charge on any atom is -0.396 e. The van der Waals surface area contributed by atoms with E-state index in [4.69, 9.17) is 5.11 Å². The van der Waals surface area contributed by atoms with E-state index >= 15 is 0 Å². The summed E-state index contributed by atoms with van der Waals surface area (Å²) in [4.78, 5) is 10.7. The molecule has 0 amide bonds. The summed E-state index contributed by atoms with van der Waals surface area (Å²) in [5.74, 6) is 1.08. The summed E-state index contributed by atoms with van der Waals surface area (Å²) in [6.45, 7) is 3.71. The number of Topliss-reactive ketones (excluding diaryl/α,β-unsaturated/α-hetero) is 1. The van der Waals surface area contributed by atoms with Crippen molar-refractivity contribution in [3.05, 3.63) is 0 Å². The monoisotopic (exact) mass is 162 g/mol. The topological polar surface area (TPSA) is 37.3 Å². The molecule has 0 aromatic carbocycles. The van der Waals surface area contributed by atoms with Crippen LogP contribution in [0.4, 0.5) is 0 Å². The highest BCUT2D eigenvalue weighted by Crippen LogP contribution is 2.11. The van der Waals surface area contributed by atoms with Crippen LogP contribution in [0.15, 0.2) is 0 Å². The molecule has 0 aliphatic carbocycles. The second-order valence-electron chi connectivity index (χ2n) is 2.20. The molecule has 0 heterocycles. The van der Waals surface area contributed by atoms with Crippen molar-refractivity contribution in [1.82, 2.24) is 0 Å². The smallest absolute Gasteiger partial charge is 0.142 e. The van der Waals surface area contributed by atoms with Crippen molar-refractivity contribution in [1.29, 1.82) is 0 Å². The highest BCUT2D eigenvalue weighted by molar-refractivity contribution is 8.00. The zero-order valence-electron chi connectivity index (χ0n) is 6.46. The maximum Gasteiger partial charge on any atom is 0.142 e. The predicted octanol–water partition coefficient (Wildman–Crippen LogP) is 1.08. The van der Waals surface area contributed by atoms with E-state index < -0.39 is 0 Å². The third-order valence-electron chi connectivity index (χ3n) is 1.24. The number of carbonyl (C=O) groups is 1. The van der Waals surface area contributed by atoms with Crippen LogP contribution in [-0.2, 0) is 4.79 Å². The lowest BCUT2D eigenvalue weighted by Gasteiger charge is -2.04. The van der Waals surface area contributed by atoms with Gasteiger partial charge >= 0.3 is 0 Å². The SMILES string of the molecule is CC(=O)C(C)SCCCO. The molecule has 0 spiro atoms. The summed E-state index contributed by atoms with van der Waals surface area (Å²) in [5, 5.41) is 8.51. The zero-order valence-corrected chi connectivity index (χ0v) is 7.28. The van der Waals surface area contributed by atoms with Gasteiger partial charge in [0.25, 0.3) is 0 Å². The Balaban J connectivity index is 3.21.